The van der Waals surface area contributed by atoms with Crippen molar-refractivity contribution in [3.8, 4) is 5.75 Å². The van der Waals surface area contributed by atoms with Crippen molar-refractivity contribution in [1.82, 2.24) is 4.90 Å². The summed E-state index contributed by atoms with van der Waals surface area (Å²) in [5.74, 6) is 0.801. The zero-order valence-corrected chi connectivity index (χ0v) is 12.6. The minimum absolute atomic E-state index is 0.0310. The lowest BCUT2D eigenvalue weighted by molar-refractivity contribution is -0.384. The first kappa shape index (κ1) is 16.2. The molecule has 1 aliphatic rings. The summed E-state index contributed by atoms with van der Waals surface area (Å²) in [6.07, 6.45) is 1.38. The van der Waals surface area contributed by atoms with E-state index in [0.29, 0.717) is 31.4 Å². The maximum absolute atomic E-state index is 12.0. The van der Waals surface area contributed by atoms with Crippen molar-refractivity contribution < 1.29 is 19.2 Å². The third kappa shape index (κ3) is 4.42. The molecule has 2 rings (SSSR count). The monoisotopic (exact) mass is 308 g/mol. The number of hydrogen-bond donors (Lipinski definition) is 0. The molecule has 0 N–H and O–H groups in total. The molecule has 7 heteroatoms. The highest BCUT2D eigenvalue weighted by atomic mass is 16.6. The highest BCUT2D eigenvalue weighted by Gasteiger charge is 2.24. The van der Waals surface area contributed by atoms with Crippen molar-refractivity contribution in [3.63, 3.8) is 0 Å². The van der Waals surface area contributed by atoms with Gasteiger partial charge >= 0.3 is 6.09 Å². The van der Waals surface area contributed by atoms with Gasteiger partial charge in [-0.15, -0.1) is 0 Å². The molecular weight excluding hydrogens is 288 g/mol. The summed E-state index contributed by atoms with van der Waals surface area (Å²) >= 11 is 0. The lowest BCUT2D eigenvalue weighted by Gasteiger charge is -2.30. The average Bonchev–Trinajstić information content (AvgIpc) is 2.54. The SMILES string of the molecule is CCOCC1CCN(C(=O)Oc2ccc([N+](=O)[O-])cc2)CC1. The maximum Gasteiger partial charge on any atom is 0.415 e. The van der Waals surface area contributed by atoms with Gasteiger partial charge in [0.2, 0.25) is 0 Å². The highest BCUT2D eigenvalue weighted by molar-refractivity contribution is 5.70. The van der Waals surface area contributed by atoms with Crippen LogP contribution in [0.4, 0.5) is 10.5 Å². The van der Waals surface area contributed by atoms with E-state index in [1.165, 1.54) is 24.3 Å². The Hall–Kier alpha value is -2.15. The number of hydrogen-bond acceptors (Lipinski definition) is 5. The van der Waals surface area contributed by atoms with Crippen LogP contribution in [0.2, 0.25) is 0 Å². The van der Waals surface area contributed by atoms with Crippen LogP contribution >= 0.6 is 0 Å². The molecule has 1 fully saturated rings. The number of likely N-dealkylation sites (tertiary alicyclic amines) is 1. The Kier molecular flexibility index (Phi) is 5.71. The first-order valence-corrected chi connectivity index (χ1v) is 7.39. The molecule has 0 saturated carbocycles. The van der Waals surface area contributed by atoms with E-state index in [1.54, 1.807) is 4.90 Å². The number of amides is 1. The van der Waals surface area contributed by atoms with E-state index >= 15 is 0 Å². The summed E-state index contributed by atoms with van der Waals surface area (Å²) in [6.45, 7) is 4.70. The van der Waals surface area contributed by atoms with Crippen molar-refractivity contribution >= 4 is 11.8 Å². The van der Waals surface area contributed by atoms with Gasteiger partial charge in [-0.05, 0) is 37.8 Å². The molecule has 0 aromatic heterocycles. The number of ether oxygens (including phenoxy) is 2. The number of rotatable bonds is 5. The van der Waals surface area contributed by atoms with Gasteiger partial charge in [-0.2, -0.15) is 0 Å². The van der Waals surface area contributed by atoms with E-state index < -0.39 is 11.0 Å². The zero-order chi connectivity index (χ0) is 15.9. The number of benzene rings is 1. The molecule has 1 saturated heterocycles. The van der Waals surface area contributed by atoms with Crippen molar-refractivity contribution in [2.75, 3.05) is 26.3 Å². The van der Waals surface area contributed by atoms with Crippen LogP contribution in [-0.2, 0) is 4.74 Å². The molecule has 22 heavy (non-hydrogen) atoms. The van der Waals surface area contributed by atoms with E-state index in [1.807, 2.05) is 6.92 Å². The van der Waals surface area contributed by atoms with Crippen LogP contribution in [0.15, 0.2) is 24.3 Å². The molecule has 0 unspecified atom stereocenters. The summed E-state index contributed by atoms with van der Waals surface area (Å²) in [4.78, 5) is 23.8. The van der Waals surface area contributed by atoms with E-state index in [4.69, 9.17) is 9.47 Å². The Morgan fingerprint density at radius 2 is 1.95 bits per heavy atom. The van der Waals surface area contributed by atoms with E-state index in [2.05, 4.69) is 0 Å². The largest absolute Gasteiger partial charge is 0.415 e. The van der Waals surface area contributed by atoms with E-state index in [0.717, 1.165) is 19.4 Å². The lowest BCUT2D eigenvalue weighted by Crippen LogP contribution is -2.41. The fourth-order valence-electron chi connectivity index (χ4n) is 2.37. The number of carbonyl (C=O) groups is 1. The maximum atomic E-state index is 12.0. The summed E-state index contributed by atoms with van der Waals surface area (Å²) in [6, 6.07) is 5.49. The molecule has 1 heterocycles. The van der Waals surface area contributed by atoms with Crippen LogP contribution in [0.1, 0.15) is 19.8 Å². The third-order valence-electron chi connectivity index (χ3n) is 3.68. The van der Waals surface area contributed by atoms with Gasteiger partial charge in [0.1, 0.15) is 5.75 Å². The number of carbonyl (C=O) groups excluding carboxylic acids is 1. The molecule has 0 atom stereocenters. The van der Waals surface area contributed by atoms with Gasteiger partial charge in [-0.3, -0.25) is 10.1 Å². The number of piperidine rings is 1. The van der Waals surface area contributed by atoms with Gasteiger partial charge in [0.15, 0.2) is 0 Å². The standard InChI is InChI=1S/C15H20N2O5/c1-2-21-11-12-7-9-16(10-8-12)15(18)22-14-5-3-13(4-6-14)17(19)20/h3-6,12H,2,7-11H2,1H3. The Morgan fingerprint density at radius 3 is 2.50 bits per heavy atom. The number of non-ortho nitro benzene ring substituents is 1. The molecule has 0 spiro atoms. The van der Waals surface area contributed by atoms with Crippen LogP contribution in [0.3, 0.4) is 0 Å². The lowest BCUT2D eigenvalue weighted by atomic mass is 9.98. The first-order chi connectivity index (χ1) is 10.6. The highest BCUT2D eigenvalue weighted by Crippen LogP contribution is 2.21. The predicted octanol–water partition coefficient (Wildman–Crippen LogP) is 2.84. The Balaban J connectivity index is 1.81. The van der Waals surface area contributed by atoms with Crippen molar-refractivity contribution in [2.45, 2.75) is 19.8 Å². The molecule has 0 bridgehead atoms. The Morgan fingerprint density at radius 1 is 1.32 bits per heavy atom. The average molecular weight is 308 g/mol. The quantitative estimate of drug-likeness (QED) is 0.617. The second-order valence-electron chi connectivity index (χ2n) is 5.21. The number of nitrogens with zero attached hydrogens (tertiary/aromatic N) is 2. The van der Waals surface area contributed by atoms with Crippen molar-refractivity contribution in [2.24, 2.45) is 5.92 Å². The number of nitro groups is 1. The molecular formula is C15H20N2O5. The van der Waals surface area contributed by atoms with Gasteiger partial charge in [-0.25, -0.2) is 4.79 Å². The fourth-order valence-corrected chi connectivity index (χ4v) is 2.37. The van der Waals surface area contributed by atoms with Gasteiger partial charge in [0.25, 0.3) is 5.69 Å². The van der Waals surface area contributed by atoms with Gasteiger partial charge in [0, 0.05) is 38.4 Å². The smallest absolute Gasteiger partial charge is 0.410 e. The third-order valence-corrected chi connectivity index (χ3v) is 3.68. The van der Waals surface area contributed by atoms with Crippen molar-refractivity contribution in [1.29, 1.82) is 0 Å². The summed E-state index contributed by atoms with van der Waals surface area (Å²) in [5, 5.41) is 10.6. The van der Waals surface area contributed by atoms with Crippen molar-refractivity contribution in [3.05, 3.63) is 34.4 Å². The minimum Gasteiger partial charge on any atom is -0.410 e. The van der Waals surface area contributed by atoms with Crippen LogP contribution < -0.4 is 4.74 Å². The van der Waals surface area contributed by atoms with Crippen LogP contribution in [-0.4, -0.2) is 42.2 Å². The second-order valence-corrected chi connectivity index (χ2v) is 5.21. The molecule has 120 valence electrons. The van der Waals surface area contributed by atoms with Crippen LogP contribution in [0, 0.1) is 16.0 Å². The van der Waals surface area contributed by atoms with Gasteiger partial charge in [-0.1, -0.05) is 0 Å². The Bertz CT molecular complexity index is 509. The molecule has 0 aliphatic carbocycles. The Labute approximate surface area is 129 Å². The summed E-state index contributed by atoms with van der Waals surface area (Å²) in [7, 11) is 0. The van der Waals surface area contributed by atoms with Crippen LogP contribution in [0.25, 0.3) is 0 Å². The topological polar surface area (TPSA) is 81.9 Å². The molecule has 0 radical (unpaired) electrons. The molecule has 1 aromatic carbocycles. The second kappa shape index (κ2) is 7.74. The zero-order valence-electron chi connectivity index (χ0n) is 12.6. The predicted molar refractivity (Wildman–Crippen MR) is 79.9 cm³/mol. The van der Waals surface area contributed by atoms with Gasteiger partial charge in [0.05, 0.1) is 4.92 Å². The summed E-state index contributed by atoms with van der Waals surface area (Å²) < 4.78 is 10.6. The van der Waals surface area contributed by atoms with Gasteiger partial charge < -0.3 is 14.4 Å². The first-order valence-electron chi connectivity index (χ1n) is 7.39. The fraction of sp³-hybridized carbons (Fsp3) is 0.533. The molecule has 1 aromatic rings. The minimum atomic E-state index is -0.491. The normalized spacial score (nSPS) is 15.6. The molecule has 7 nitrogen and oxygen atoms in total. The van der Waals surface area contributed by atoms with Crippen LogP contribution in [0.5, 0.6) is 5.75 Å². The van der Waals surface area contributed by atoms with E-state index in [-0.39, 0.29) is 5.69 Å². The molecule has 1 aliphatic heterocycles. The number of nitro benzene ring substituents is 1. The molecule has 1 amide bonds. The van der Waals surface area contributed by atoms with E-state index in [9.17, 15) is 14.9 Å². The summed E-state index contributed by atoms with van der Waals surface area (Å²) in [5.41, 5.74) is -0.0310.